The van der Waals surface area contributed by atoms with Crippen molar-refractivity contribution >= 4 is 0 Å². The summed E-state index contributed by atoms with van der Waals surface area (Å²) >= 11 is 0. The van der Waals surface area contributed by atoms with Gasteiger partial charge >= 0.3 is 0 Å². The van der Waals surface area contributed by atoms with E-state index in [0.29, 0.717) is 5.92 Å². The van der Waals surface area contributed by atoms with Gasteiger partial charge in [-0.1, -0.05) is 0 Å². The molecule has 3 heteroatoms. The molecule has 0 spiro atoms. The van der Waals surface area contributed by atoms with Crippen LogP contribution in [0.1, 0.15) is 24.8 Å². The molecule has 1 aromatic rings. The molecule has 0 radical (unpaired) electrons. The quantitative estimate of drug-likeness (QED) is 0.740. The van der Waals surface area contributed by atoms with E-state index in [2.05, 4.69) is 11.3 Å². The summed E-state index contributed by atoms with van der Waals surface area (Å²) in [6, 6.07) is 0. The lowest BCUT2D eigenvalue weighted by Crippen LogP contribution is -2.02. The van der Waals surface area contributed by atoms with E-state index in [4.69, 9.17) is 0 Å². The van der Waals surface area contributed by atoms with Gasteiger partial charge in [-0.15, -0.1) is 0 Å². The summed E-state index contributed by atoms with van der Waals surface area (Å²) in [6.45, 7) is 0. The van der Waals surface area contributed by atoms with E-state index in [0.717, 1.165) is 25.7 Å². The predicted octanol–water partition coefficient (Wildman–Crippen LogP) is 1.12. The second-order valence-corrected chi connectivity index (χ2v) is 4.06. The highest BCUT2D eigenvalue weighted by atomic mass is 16.3. The molecule has 1 aliphatic carbocycles. The number of hydrogen-bond donors (Lipinski definition) is 1. The highest BCUT2D eigenvalue weighted by molar-refractivity contribution is 5.05. The number of aliphatic hydroxyl groups excluding tert-OH is 1. The van der Waals surface area contributed by atoms with Crippen molar-refractivity contribution in [1.29, 1.82) is 0 Å². The molecular weight excluding hydrogens is 164 g/mol. The summed E-state index contributed by atoms with van der Waals surface area (Å²) in [4.78, 5) is 0. The number of aryl methyl sites for hydroxylation is 1. The number of aromatic nitrogens is 2. The topological polar surface area (TPSA) is 38.0 Å². The minimum absolute atomic E-state index is 0.0540. The third-order valence-corrected chi connectivity index (χ3v) is 2.80. The van der Waals surface area contributed by atoms with Gasteiger partial charge in [0.05, 0.1) is 12.3 Å². The SMILES string of the molecule is Cn1cc(CC2CCC(O)C2)cn1. The van der Waals surface area contributed by atoms with Crippen LogP contribution in [0.3, 0.4) is 0 Å². The van der Waals surface area contributed by atoms with Crippen molar-refractivity contribution in [2.75, 3.05) is 0 Å². The molecule has 0 aromatic carbocycles. The molecule has 72 valence electrons. The Bertz CT molecular complexity index is 282. The molecule has 2 atom stereocenters. The summed E-state index contributed by atoms with van der Waals surface area (Å²) in [7, 11) is 1.94. The van der Waals surface area contributed by atoms with E-state index < -0.39 is 0 Å². The average molecular weight is 180 g/mol. The summed E-state index contributed by atoms with van der Waals surface area (Å²) < 4.78 is 1.83. The highest BCUT2D eigenvalue weighted by Crippen LogP contribution is 2.28. The number of nitrogens with zero attached hydrogens (tertiary/aromatic N) is 2. The van der Waals surface area contributed by atoms with Crippen molar-refractivity contribution in [3.8, 4) is 0 Å². The summed E-state index contributed by atoms with van der Waals surface area (Å²) in [5.41, 5.74) is 1.29. The first kappa shape index (κ1) is 8.75. The van der Waals surface area contributed by atoms with Gasteiger partial charge in [-0.2, -0.15) is 5.10 Å². The minimum Gasteiger partial charge on any atom is -0.393 e. The van der Waals surface area contributed by atoms with Crippen LogP contribution in [0.4, 0.5) is 0 Å². The van der Waals surface area contributed by atoms with Crippen LogP contribution in [-0.4, -0.2) is 21.0 Å². The first-order valence-electron chi connectivity index (χ1n) is 4.89. The van der Waals surface area contributed by atoms with E-state index in [1.165, 1.54) is 5.56 Å². The second kappa shape index (κ2) is 3.50. The third-order valence-electron chi connectivity index (χ3n) is 2.80. The Morgan fingerprint density at radius 2 is 2.46 bits per heavy atom. The summed E-state index contributed by atoms with van der Waals surface area (Å²) in [5.74, 6) is 0.666. The molecule has 2 unspecified atom stereocenters. The van der Waals surface area contributed by atoms with Crippen molar-refractivity contribution in [1.82, 2.24) is 9.78 Å². The van der Waals surface area contributed by atoms with Gasteiger partial charge < -0.3 is 5.11 Å². The molecule has 1 fully saturated rings. The maximum atomic E-state index is 9.36. The Balaban J connectivity index is 1.91. The van der Waals surface area contributed by atoms with Gasteiger partial charge in [-0.05, 0) is 37.2 Å². The Morgan fingerprint density at radius 1 is 1.62 bits per heavy atom. The van der Waals surface area contributed by atoms with Crippen LogP contribution in [0.5, 0.6) is 0 Å². The van der Waals surface area contributed by atoms with Crippen molar-refractivity contribution in [2.24, 2.45) is 13.0 Å². The minimum atomic E-state index is -0.0540. The molecule has 1 aliphatic rings. The summed E-state index contributed by atoms with van der Waals surface area (Å²) in [6.07, 6.45) is 8.11. The van der Waals surface area contributed by atoms with Gasteiger partial charge in [0.15, 0.2) is 0 Å². The van der Waals surface area contributed by atoms with Gasteiger partial charge in [0.2, 0.25) is 0 Å². The van der Waals surface area contributed by atoms with E-state index in [1.54, 1.807) is 0 Å². The smallest absolute Gasteiger partial charge is 0.0543 e. The van der Waals surface area contributed by atoms with Gasteiger partial charge in [0.1, 0.15) is 0 Å². The standard InChI is InChI=1S/C10H16N2O/c1-12-7-9(6-11-12)4-8-2-3-10(13)5-8/h6-8,10,13H,2-5H2,1H3. The molecule has 0 amide bonds. The molecule has 13 heavy (non-hydrogen) atoms. The molecule has 0 saturated heterocycles. The fourth-order valence-electron chi connectivity index (χ4n) is 2.14. The van der Waals surface area contributed by atoms with Crippen LogP contribution < -0.4 is 0 Å². The first-order chi connectivity index (χ1) is 6.24. The van der Waals surface area contributed by atoms with Gasteiger partial charge in [0.25, 0.3) is 0 Å². The first-order valence-corrected chi connectivity index (χ1v) is 4.89. The zero-order valence-electron chi connectivity index (χ0n) is 7.98. The molecule has 1 heterocycles. The number of aliphatic hydroxyl groups is 1. The molecule has 2 rings (SSSR count). The summed E-state index contributed by atoms with van der Waals surface area (Å²) in [5, 5.41) is 13.5. The van der Waals surface area contributed by atoms with Crippen molar-refractivity contribution < 1.29 is 5.11 Å². The van der Waals surface area contributed by atoms with E-state index >= 15 is 0 Å². The van der Waals surface area contributed by atoms with Crippen LogP contribution in [0.2, 0.25) is 0 Å². The lowest BCUT2D eigenvalue weighted by atomic mass is 10.0. The molecule has 0 aliphatic heterocycles. The lowest BCUT2D eigenvalue weighted by Gasteiger charge is -2.05. The molecular formula is C10H16N2O. The normalized spacial score (nSPS) is 28.2. The highest BCUT2D eigenvalue weighted by Gasteiger charge is 2.22. The van der Waals surface area contributed by atoms with Gasteiger partial charge in [-0.3, -0.25) is 4.68 Å². The molecule has 3 nitrogen and oxygen atoms in total. The largest absolute Gasteiger partial charge is 0.393 e. The average Bonchev–Trinajstić information content (AvgIpc) is 2.62. The van der Waals surface area contributed by atoms with E-state index in [1.807, 2.05) is 17.9 Å². The Morgan fingerprint density at radius 3 is 3.00 bits per heavy atom. The van der Waals surface area contributed by atoms with Gasteiger partial charge in [0, 0.05) is 13.2 Å². The van der Waals surface area contributed by atoms with Crippen LogP contribution in [-0.2, 0) is 13.5 Å². The zero-order chi connectivity index (χ0) is 9.26. The van der Waals surface area contributed by atoms with Gasteiger partial charge in [-0.25, -0.2) is 0 Å². The number of rotatable bonds is 2. The third kappa shape index (κ3) is 2.10. The lowest BCUT2D eigenvalue weighted by molar-refractivity contribution is 0.177. The maximum absolute atomic E-state index is 9.36. The predicted molar refractivity (Wildman–Crippen MR) is 50.3 cm³/mol. The maximum Gasteiger partial charge on any atom is 0.0543 e. The molecule has 1 N–H and O–H groups in total. The monoisotopic (exact) mass is 180 g/mol. The van der Waals surface area contributed by atoms with E-state index in [-0.39, 0.29) is 6.10 Å². The zero-order valence-corrected chi connectivity index (χ0v) is 7.98. The van der Waals surface area contributed by atoms with Crippen LogP contribution >= 0.6 is 0 Å². The van der Waals surface area contributed by atoms with Crippen molar-refractivity contribution in [3.05, 3.63) is 18.0 Å². The molecule has 1 saturated carbocycles. The second-order valence-electron chi connectivity index (χ2n) is 4.06. The van der Waals surface area contributed by atoms with Crippen molar-refractivity contribution in [2.45, 2.75) is 31.8 Å². The molecule has 0 bridgehead atoms. The van der Waals surface area contributed by atoms with E-state index in [9.17, 15) is 5.11 Å². The van der Waals surface area contributed by atoms with Crippen LogP contribution in [0.15, 0.2) is 12.4 Å². The van der Waals surface area contributed by atoms with Crippen molar-refractivity contribution in [3.63, 3.8) is 0 Å². The van der Waals surface area contributed by atoms with Crippen LogP contribution in [0, 0.1) is 5.92 Å². The fraction of sp³-hybridized carbons (Fsp3) is 0.700. The molecule has 1 aromatic heterocycles. The Kier molecular flexibility index (Phi) is 2.36. The fourth-order valence-corrected chi connectivity index (χ4v) is 2.14. The Hall–Kier alpha value is -0.830. The van der Waals surface area contributed by atoms with Crippen LogP contribution in [0.25, 0.3) is 0 Å². The Labute approximate surface area is 78.4 Å². The number of hydrogen-bond acceptors (Lipinski definition) is 2.